The summed E-state index contributed by atoms with van der Waals surface area (Å²) in [5.74, 6) is -0.663. The molecule has 1 saturated heterocycles. The quantitative estimate of drug-likeness (QED) is 0.222. The number of nitrogens with zero attached hydrogens (tertiary/aromatic N) is 2. The first kappa shape index (κ1) is 23.1. The van der Waals surface area contributed by atoms with Crippen molar-refractivity contribution in [3.63, 3.8) is 0 Å². The Balaban J connectivity index is 1.48. The molecule has 2 aromatic heterocycles. The van der Waals surface area contributed by atoms with Gasteiger partial charge in [-0.25, -0.2) is 0 Å². The molecular weight excluding hydrogens is 456 g/mol. The summed E-state index contributed by atoms with van der Waals surface area (Å²) in [6, 6.07) is 21.0. The van der Waals surface area contributed by atoms with Crippen LogP contribution in [0.4, 0.5) is 0 Å². The number of ketones is 1. The lowest BCUT2D eigenvalue weighted by molar-refractivity contribution is -0.140. The average Bonchev–Trinajstić information content (AvgIpc) is 3.52. The van der Waals surface area contributed by atoms with Crippen molar-refractivity contribution in [2.45, 2.75) is 26.1 Å². The van der Waals surface area contributed by atoms with E-state index in [9.17, 15) is 14.7 Å². The van der Waals surface area contributed by atoms with Gasteiger partial charge in [-0.2, -0.15) is 0 Å². The standard InChI is InChI=1S/C29H24N2O5/c1-19-16-22(9-10-23(19)36-18-21-6-3-2-4-7-21)27(32)25-26(24-8-5-15-35-24)31(29(34)28(25)33)17-20-11-13-30-14-12-20/h2-16,26,32H,17-18H2,1H3/b27-25-. The molecule has 1 unspecified atom stereocenters. The molecule has 2 aromatic carbocycles. The van der Waals surface area contributed by atoms with E-state index in [2.05, 4.69) is 4.98 Å². The second-order valence-corrected chi connectivity index (χ2v) is 8.55. The Hall–Kier alpha value is -4.65. The van der Waals surface area contributed by atoms with E-state index >= 15 is 0 Å². The van der Waals surface area contributed by atoms with Crippen molar-refractivity contribution in [3.8, 4) is 5.75 Å². The van der Waals surface area contributed by atoms with Crippen LogP contribution in [0.15, 0.2) is 101 Å². The number of furan rings is 1. The predicted molar refractivity (Wildman–Crippen MR) is 133 cm³/mol. The molecule has 0 bridgehead atoms. The zero-order valence-electron chi connectivity index (χ0n) is 19.6. The molecule has 180 valence electrons. The van der Waals surface area contributed by atoms with Gasteiger partial charge in [0.2, 0.25) is 0 Å². The fourth-order valence-corrected chi connectivity index (χ4v) is 4.32. The van der Waals surface area contributed by atoms with Crippen LogP contribution in [0, 0.1) is 6.92 Å². The molecule has 0 spiro atoms. The number of hydrogen-bond acceptors (Lipinski definition) is 6. The Kier molecular flexibility index (Phi) is 6.36. The van der Waals surface area contributed by atoms with Crippen molar-refractivity contribution in [1.82, 2.24) is 9.88 Å². The third-order valence-corrected chi connectivity index (χ3v) is 6.14. The summed E-state index contributed by atoms with van der Waals surface area (Å²) >= 11 is 0. The number of ether oxygens (including phenoxy) is 1. The van der Waals surface area contributed by atoms with Gasteiger partial charge < -0.3 is 19.2 Å². The molecule has 7 nitrogen and oxygen atoms in total. The van der Waals surface area contributed by atoms with Crippen LogP contribution in [0.5, 0.6) is 5.75 Å². The van der Waals surface area contributed by atoms with Crippen molar-refractivity contribution < 1.29 is 23.8 Å². The van der Waals surface area contributed by atoms with Crippen molar-refractivity contribution in [2.75, 3.05) is 0 Å². The number of aliphatic hydroxyl groups excluding tert-OH is 1. The number of carbonyl (C=O) groups excluding carboxylic acids is 2. The van der Waals surface area contributed by atoms with Gasteiger partial charge in [0.15, 0.2) is 0 Å². The van der Waals surface area contributed by atoms with Crippen molar-refractivity contribution >= 4 is 17.4 Å². The molecule has 1 N–H and O–H groups in total. The summed E-state index contributed by atoms with van der Waals surface area (Å²) in [5, 5.41) is 11.3. The van der Waals surface area contributed by atoms with Crippen LogP contribution < -0.4 is 4.74 Å². The molecule has 0 radical (unpaired) electrons. The molecule has 3 heterocycles. The van der Waals surface area contributed by atoms with Crippen LogP contribution >= 0.6 is 0 Å². The number of pyridine rings is 1. The highest BCUT2D eigenvalue weighted by molar-refractivity contribution is 6.46. The topological polar surface area (TPSA) is 92.9 Å². The van der Waals surface area contributed by atoms with Gasteiger partial charge in [0.05, 0.1) is 11.8 Å². The number of rotatable bonds is 7. The Morgan fingerprint density at radius 1 is 1.00 bits per heavy atom. The molecular formula is C29H24N2O5. The zero-order valence-corrected chi connectivity index (χ0v) is 19.6. The number of aliphatic hydroxyl groups is 1. The summed E-state index contributed by atoms with van der Waals surface area (Å²) < 4.78 is 11.5. The first-order valence-corrected chi connectivity index (χ1v) is 11.5. The van der Waals surface area contributed by atoms with Crippen LogP contribution in [0.2, 0.25) is 0 Å². The van der Waals surface area contributed by atoms with E-state index in [1.807, 2.05) is 37.3 Å². The number of likely N-dealkylation sites (tertiary alicyclic amines) is 1. The highest BCUT2D eigenvalue weighted by Crippen LogP contribution is 2.40. The predicted octanol–water partition coefficient (Wildman–Crippen LogP) is 5.18. The summed E-state index contributed by atoms with van der Waals surface area (Å²) in [4.78, 5) is 31.6. The van der Waals surface area contributed by atoms with E-state index in [4.69, 9.17) is 9.15 Å². The third-order valence-electron chi connectivity index (χ3n) is 6.14. The van der Waals surface area contributed by atoms with Crippen molar-refractivity contribution in [3.05, 3.63) is 125 Å². The Morgan fingerprint density at radius 2 is 1.78 bits per heavy atom. The van der Waals surface area contributed by atoms with Gasteiger partial charge >= 0.3 is 0 Å². The van der Waals surface area contributed by atoms with Crippen LogP contribution in [-0.2, 0) is 22.7 Å². The molecule has 7 heteroatoms. The molecule has 0 aliphatic carbocycles. The molecule has 4 aromatic rings. The summed E-state index contributed by atoms with van der Waals surface area (Å²) in [5.41, 5.74) is 3.03. The van der Waals surface area contributed by atoms with Crippen LogP contribution in [0.25, 0.3) is 5.76 Å². The molecule has 1 amide bonds. The Morgan fingerprint density at radius 3 is 2.47 bits per heavy atom. The number of hydrogen-bond donors (Lipinski definition) is 1. The summed E-state index contributed by atoms with van der Waals surface area (Å²) in [7, 11) is 0. The minimum atomic E-state index is -0.859. The van der Waals surface area contributed by atoms with Gasteiger partial charge in [0, 0.05) is 24.5 Å². The SMILES string of the molecule is Cc1cc(/C(O)=C2/C(=O)C(=O)N(Cc3ccncc3)C2c2ccco2)ccc1OCc1ccccc1. The van der Waals surface area contributed by atoms with Crippen LogP contribution in [0.3, 0.4) is 0 Å². The van der Waals surface area contributed by atoms with Gasteiger partial charge in [-0.15, -0.1) is 0 Å². The lowest BCUT2D eigenvalue weighted by atomic mass is 9.98. The molecule has 1 fully saturated rings. The highest BCUT2D eigenvalue weighted by atomic mass is 16.5. The first-order chi connectivity index (χ1) is 17.5. The number of aryl methyl sites for hydroxylation is 1. The van der Waals surface area contributed by atoms with Gasteiger partial charge in [0.25, 0.3) is 11.7 Å². The van der Waals surface area contributed by atoms with E-state index in [1.54, 1.807) is 54.9 Å². The normalized spacial score (nSPS) is 16.9. The van der Waals surface area contributed by atoms with E-state index in [0.29, 0.717) is 23.7 Å². The minimum absolute atomic E-state index is 0.0126. The van der Waals surface area contributed by atoms with Crippen molar-refractivity contribution in [1.29, 1.82) is 0 Å². The van der Waals surface area contributed by atoms with Crippen LogP contribution in [0.1, 0.15) is 34.1 Å². The Labute approximate surface area is 208 Å². The smallest absolute Gasteiger partial charge is 0.296 e. The molecule has 5 rings (SSSR count). The molecule has 1 aliphatic rings. The molecule has 1 aliphatic heterocycles. The summed E-state index contributed by atoms with van der Waals surface area (Å²) in [6.07, 6.45) is 4.72. The maximum absolute atomic E-state index is 13.1. The fraction of sp³-hybridized carbons (Fsp3) is 0.138. The first-order valence-electron chi connectivity index (χ1n) is 11.5. The fourth-order valence-electron chi connectivity index (χ4n) is 4.32. The molecule has 1 atom stereocenters. The third kappa shape index (κ3) is 4.51. The Bertz CT molecular complexity index is 1410. The zero-order chi connectivity index (χ0) is 25.1. The number of amides is 1. The van der Waals surface area contributed by atoms with E-state index in [-0.39, 0.29) is 17.9 Å². The molecule has 0 saturated carbocycles. The second-order valence-electron chi connectivity index (χ2n) is 8.55. The number of carbonyl (C=O) groups is 2. The van der Waals surface area contributed by atoms with Crippen LogP contribution in [-0.4, -0.2) is 26.7 Å². The van der Waals surface area contributed by atoms with Gasteiger partial charge in [-0.1, -0.05) is 30.3 Å². The van der Waals surface area contributed by atoms with E-state index in [0.717, 1.165) is 16.7 Å². The number of benzene rings is 2. The summed E-state index contributed by atoms with van der Waals surface area (Å²) in [6.45, 7) is 2.44. The minimum Gasteiger partial charge on any atom is -0.507 e. The van der Waals surface area contributed by atoms with Gasteiger partial charge in [0.1, 0.15) is 29.9 Å². The number of Topliss-reactive ketones (excluding diaryl/α,β-unsaturated/α-hetero) is 1. The number of aromatic nitrogens is 1. The van der Waals surface area contributed by atoms with E-state index in [1.165, 1.54) is 11.2 Å². The molecule has 36 heavy (non-hydrogen) atoms. The monoisotopic (exact) mass is 480 g/mol. The largest absolute Gasteiger partial charge is 0.507 e. The maximum atomic E-state index is 13.1. The lowest BCUT2D eigenvalue weighted by Gasteiger charge is -2.23. The maximum Gasteiger partial charge on any atom is 0.296 e. The lowest BCUT2D eigenvalue weighted by Crippen LogP contribution is -2.29. The van der Waals surface area contributed by atoms with Gasteiger partial charge in [-0.3, -0.25) is 14.6 Å². The average molecular weight is 481 g/mol. The van der Waals surface area contributed by atoms with Gasteiger partial charge in [-0.05, 0) is 66.1 Å². The highest BCUT2D eigenvalue weighted by Gasteiger charge is 2.47. The van der Waals surface area contributed by atoms with Crippen molar-refractivity contribution in [2.24, 2.45) is 0 Å². The second kappa shape index (κ2) is 9.92. The van der Waals surface area contributed by atoms with E-state index < -0.39 is 17.7 Å².